The molecule has 88 heavy (non-hydrogen) atoms. The van der Waals surface area contributed by atoms with Crippen LogP contribution in [0.1, 0.15) is 255 Å². The molecule has 1 aliphatic rings. The topological polar surface area (TPSA) is 336 Å². The molecule has 10 N–H and O–H groups in total. The number of carbonyl (C=O) groups is 10. The van der Waals surface area contributed by atoms with Crippen LogP contribution in [-0.2, 0) is 63.9 Å². The van der Waals surface area contributed by atoms with Gasteiger partial charge < -0.3 is 62.1 Å². The van der Waals surface area contributed by atoms with E-state index in [2.05, 4.69) is 51.1 Å². The Morgan fingerprint density at radius 3 is 1.62 bits per heavy atom. The summed E-state index contributed by atoms with van der Waals surface area (Å²) in [5.41, 5.74) is 6.07. The summed E-state index contributed by atoms with van der Waals surface area (Å²) in [6, 6.07) is 2.63. The summed E-state index contributed by atoms with van der Waals surface area (Å²) >= 11 is 0. The van der Waals surface area contributed by atoms with Crippen molar-refractivity contribution in [3.05, 3.63) is 35.4 Å². The van der Waals surface area contributed by atoms with E-state index >= 15 is 0 Å². The third kappa shape index (κ3) is 37.8. The van der Waals surface area contributed by atoms with Gasteiger partial charge in [0.15, 0.2) is 12.1 Å². The van der Waals surface area contributed by atoms with E-state index in [1.54, 1.807) is 19.1 Å². The fraction of sp³-hybridized carbons (Fsp3) is 0.738. The maximum atomic E-state index is 13.7. The number of rotatable bonds is 45. The average Bonchev–Trinajstić information content (AvgIpc) is 3.59. The first kappa shape index (κ1) is 77.3. The van der Waals surface area contributed by atoms with Crippen LogP contribution in [0.3, 0.4) is 0 Å². The molecule has 498 valence electrons. The Kier molecular flexibility index (Phi) is 43.1. The third-order valence-electron chi connectivity index (χ3n) is 15.5. The summed E-state index contributed by atoms with van der Waals surface area (Å²) in [4.78, 5) is 134. The van der Waals surface area contributed by atoms with Gasteiger partial charge in [-0.2, -0.15) is 0 Å². The van der Waals surface area contributed by atoms with Crippen LogP contribution in [0.4, 0.5) is 0 Å². The zero-order valence-corrected chi connectivity index (χ0v) is 53.7. The van der Waals surface area contributed by atoms with Gasteiger partial charge in [-0.15, -0.1) is 0 Å². The summed E-state index contributed by atoms with van der Waals surface area (Å²) in [6.07, 6.45) is 28.9. The van der Waals surface area contributed by atoms with Crippen LogP contribution >= 0.6 is 0 Å². The molecule has 23 heteroatoms. The molecule has 1 aromatic carbocycles. The Balaban J connectivity index is 1.96. The lowest BCUT2D eigenvalue weighted by molar-refractivity contribution is -0.167. The second-order valence-corrected chi connectivity index (χ2v) is 23.2. The quantitative estimate of drug-likeness (QED) is 0.00750. The minimum absolute atomic E-state index is 0.0758. The van der Waals surface area contributed by atoms with Gasteiger partial charge in [0.25, 0.3) is 5.91 Å². The van der Waals surface area contributed by atoms with Gasteiger partial charge in [0.1, 0.15) is 31.3 Å². The largest absolute Gasteiger partial charge is 0.462 e. The molecule has 0 saturated heterocycles. The highest BCUT2D eigenvalue weighted by Crippen LogP contribution is 2.17. The van der Waals surface area contributed by atoms with Crippen LogP contribution in [0.25, 0.3) is 0 Å². The molecule has 2 bridgehead atoms. The highest BCUT2D eigenvalue weighted by atomic mass is 16.6. The monoisotopic (exact) mass is 1240 g/mol. The number of amides is 7. The number of esters is 3. The number of ether oxygens (including phenoxy) is 3. The van der Waals surface area contributed by atoms with Gasteiger partial charge >= 0.3 is 17.9 Å². The van der Waals surface area contributed by atoms with E-state index in [4.69, 9.17) is 25.4 Å². The van der Waals surface area contributed by atoms with Gasteiger partial charge in [0.05, 0.1) is 26.1 Å². The number of carbonyl (C=O) groups excluding carboxylic acids is 10. The Bertz CT molecular complexity index is 2250. The lowest BCUT2D eigenvalue weighted by Crippen LogP contribution is -2.56. The Morgan fingerprint density at radius 2 is 1.09 bits per heavy atom. The Hall–Kier alpha value is -6.81. The van der Waals surface area contributed by atoms with Crippen molar-refractivity contribution in [1.82, 2.24) is 42.1 Å². The molecule has 23 nitrogen and oxygen atoms in total. The third-order valence-corrected chi connectivity index (χ3v) is 15.5. The van der Waals surface area contributed by atoms with Gasteiger partial charge in [-0.1, -0.05) is 187 Å². The van der Waals surface area contributed by atoms with Crippen molar-refractivity contribution < 1.29 is 62.2 Å². The van der Waals surface area contributed by atoms with E-state index in [-0.39, 0.29) is 76.2 Å². The number of fused-ring (bicyclic) bond motifs is 2. The first-order chi connectivity index (χ1) is 42.5. The van der Waals surface area contributed by atoms with Crippen LogP contribution in [-0.4, -0.2) is 134 Å². The van der Waals surface area contributed by atoms with E-state index in [1.165, 1.54) is 140 Å². The number of nitrogens with zero attached hydrogens (tertiary/aromatic N) is 1. The first-order valence-electron chi connectivity index (χ1n) is 33.1. The molecule has 0 radical (unpaired) electrons. The molecule has 2 unspecified atom stereocenters. The molecule has 1 aliphatic heterocycles. The molecule has 2 rings (SSSR count). The summed E-state index contributed by atoms with van der Waals surface area (Å²) in [7, 11) is 1.40. The molecule has 0 aromatic heterocycles. The summed E-state index contributed by atoms with van der Waals surface area (Å²) in [5, 5.41) is 25.3. The number of nitrogens with two attached hydrogens (primary N) is 1. The van der Waals surface area contributed by atoms with Gasteiger partial charge in [-0.05, 0) is 49.8 Å². The molecule has 0 fully saturated rings. The van der Waals surface area contributed by atoms with Crippen molar-refractivity contribution in [1.29, 1.82) is 5.41 Å². The van der Waals surface area contributed by atoms with Crippen LogP contribution in [0.15, 0.2) is 24.3 Å². The van der Waals surface area contributed by atoms with E-state index in [0.29, 0.717) is 18.4 Å². The predicted octanol–water partition coefficient (Wildman–Crippen LogP) is 7.84. The zero-order chi connectivity index (χ0) is 64.6. The summed E-state index contributed by atoms with van der Waals surface area (Å²) in [6.45, 7) is 4.47. The predicted molar refractivity (Wildman–Crippen MR) is 338 cm³/mol. The van der Waals surface area contributed by atoms with E-state index < -0.39 is 110 Å². The highest BCUT2D eigenvalue weighted by Gasteiger charge is 2.33. The molecule has 4 atom stereocenters. The fourth-order valence-corrected chi connectivity index (χ4v) is 10.1. The Labute approximate surface area is 524 Å². The number of nitrogens with one attached hydrogen (secondary N) is 8. The number of likely N-dealkylation sites (N-methyl/N-ethyl adjacent to an activating group) is 1. The van der Waals surface area contributed by atoms with E-state index in [9.17, 15) is 47.9 Å². The van der Waals surface area contributed by atoms with Gasteiger partial charge in [0.2, 0.25) is 35.4 Å². The van der Waals surface area contributed by atoms with Gasteiger partial charge in [0, 0.05) is 45.0 Å². The van der Waals surface area contributed by atoms with Crippen molar-refractivity contribution in [3.63, 3.8) is 0 Å². The van der Waals surface area contributed by atoms with Crippen LogP contribution in [0, 0.1) is 5.41 Å². The maximum absolute atomic E-state index is 13.7. The molecule has 0 saturated carbocycles. The SMILES string of the molecule is CCCCCCCCCCCCCCCC(=O)OCC(COC(=O)CCC(=O)NCNC(=O)C[C@@H]1NC(=O)CNC(=O)[C@H](CCCNC(=N)N)N(C)C(=O)C(CC)NC(=O)c2cccc(c2)CNC1=O)OC(=O)CCCCCCCCCCCCCCC. The standard InChI is InChI=1S/C65H110N10O13/c1-5-8-10-12-14-16-18-20-22-24-26-28-30-37-58(79)86-46-51(88-60(81)38-31-29-27-25-23-21-19-17-15-13-11-9-6-2)47-87-59(80)40-39-55(76)71-48-72-56(77)43-53-62(83)69-44-49-34-32-35-50(42-49)61(82)74-52(7-3)64(85)75(4)54(36-33-41-68-65(66)67)63(84)70-45-57(78)73-53/h32,34-35,42,51-54H,5-31,33,36-41,43-48H2,1-4H3,(H,69,83)(H,70,84)(H,71,76)(H,72,77)(H,73,78)(H,74,82)(H4,66,67,68)/t51?,52?,53-,54-/m0/s1. The van der Waals surface area contributed by atoms with Crippen LogP contribution < -0.4 is 43.0 Å². The van der Waals surface area contributed by atoms with Crippen molar-refractivity contribution in [2.45, 2.75) is 270 Å². The fourth-order valence-electron chi connectivity index (χ4n) is 10.1. The van der Waals surface area contributed by atoms with Crippen molar-refractivity contribution in [2.75, 3.05) is 40.0 Å². The summed E-state index contributed by atoms with van der Waals surface area (Å²) < 4.78 is 16.5. The molecule has 0 aliphatic carbocycles. The average molecular weight is 1240 g/mol. The molecular formula is C65H110N10O13. The van der Waals surface area contributed by atoms with Crippen molar-refractivity contribution >= 4 is 65.2 Å². The molecule has 7 amide bonds. The van der Waals surface area contributed by atoms with E-state index in [1.807, 2.05) is 0 Å². The maximum Gasteiger partial charge on any atom is 0.306 e. The van der Waals surface area contributed by atoms with E-state index in [0.717, 1.165) is 38.5 Å². The zero-order valence-electron chi connectivity index (χ0n) is 53.7. The summed E-state index contributed by atoms with van der Waals surface area (Å²) in [5.74, 6) is -6.88. The molecule has 1 heterocycles. The molecule has 1 aromatic rings. The number of hydrogen-bond acceptors (Lipinski definition) is 14. The van der Waals surface area contributed by atoms with Crippen molar-refractivity contribution in [3.8, 4) is 0 Å². The minimum atomic E-state index is -1.49. The normalized spacial score (nSPS) is 16.2. The number of hydrogen-bond donors (Lipinski definition) is 9. The van der Waals surface area contributed by atoms with Crippen molar-refractivity contribution in [2.24, 2.45) is 5.73 Å². The molecule has 0 spiro atoms. The van der Waals surface area contributed by atoms with Gasteiger partial charge in [-0.3, -0.25) is 53.4 Å². The lowest BCUT2D eigenvalue weighted by Gasteiger charge is -2.31. The number of benzene rings is 1. The smallest absolute Gasteiger partial charge is 0.306 e. The second kappa shape index (κ2) is 49.1. The van der Waals surface area contributed by atoms with Crippen LogP contribution in [0.2, 0.25) is 0 Å². The lowest BCUT2D eigenvalue weighted by atomic mass is 10.0. The highest BCUT2D eigenvalue weighted by molar-refractivity contribution is 5.99. The van der Waals surface area contributed by atoms with Crippen LogP contribution in [0.5, 0.6) is 0 Å². The van der Waals surface area contributed by atoms with Gasteiger partial charge in [-0.25, -0.2) is 0 Å². The Morgan fingerprint density at radius 1 is 0.591 bits per heavy atom. The number of unbranched alkanes of at least 4 members (excludes halogenated alkanes) is 24. The number of guanidine groups is 1. The molecular weight excluding hydrogens is 1130 g/mol. The first-order valence-corrected chi connectivity index (χ1v) is 33.1. The minimum Gasteiger partial charge on any atom is -0.462 e. The second-order valence-electron chi connectivity index (χ2n) is 23.2.